The first-order valence-corrected chi connectivity index (χ1v) is 12.1. The Morgan fingerprint density at radius 2 is 1.33 bits per heavy atom. The minimum Gasteiger partial charge on any atom is -0.459 e. The fourth-order valence-electron chi connectivity index (χ4n) is 3.90. The van der Waals surface area contributed by atoms with Crippen molar-refractivity contribution in [2.24, 2.45) is 0 Å². The fourth-order valence-corrected chi connectivity index (χ4v) is 3.90. The molecular weight excluding hydrogens is 500 g/mol. The molecule has 0 atom stereocenters. The Morgan fingerprint density at radius 3 is 1.95 bits per heavy atom. The van der Waals surface area contributed by atoms with Crippen LogP contribution in [0.5, 0.6) is 5.88 Å². The minimum atomic E-state index is -1.16. The summed E-state index contributed by atoms with van der Waals surface area (Å²) in [6.07, 6.45) is -0.0867. The number of para-hydroxylation sites is 1. The summed E-state index contributed by atoms with van der Waals surface area (Å²) in [6, 6.07) is 26.8. The molecule has 0 aliphatic heterocycles. The number of hydrogen-bond donors (Lipinski definition) is 0. The van der Waals surface area contributed by atoms with Crippen LogP contribution in [0, 0.1) is 0 Å². The molecule has 0 unspecified atom stereocenters. The molecule has 198 valence electrons. The standard InChI is InChI=1S/C30H26N2O7/c1-2-26(33)37-18-19-38-30(36)39-28-25(20-22-12-6-3-7-13-22)27(34)32(24-16-10-5-11-17-24)29(35)31(28)21-23-14-8-4-9-15-23/h2-17H,1,18-21H2. The summed E-state index contributed by atoms with van der Waals surface area (Å²) in [4.78, 5) is 51.5. The van der Waals surface area contributed by atoms with Crippen molar-refractivity contribution in [2.75, 3.05) is 13.2 Å². The van der Waals surface area contributed by atoms with E-state index in [4.69, 9.17) is 14.2 Å². The van der Waals surface area contributed by atoms with Crippen molar-refractivity contribution in [3.63, 3.8) is 0 Å². The summed E-state index contributed by atoms with van der Waals surface area (Å²) in [5.41, 5.74) is 0.681. The molecule has 0 amide bonds. The summed E-state index contributed by atoms with van der Waals surface area (Å²) >= 11 is 0. The highest BCUT2D eigenvalue weighted by atomic mass is 16.7. The van der Waals surface area contributed by atoms with Crippen molar-refractivity contribution in [3.05, 3.63) is 141 Å². The van der Waals surface area contributed by atoms with Crippen LogP contribution in [0.1, 0.15) is 16.7 Å². The SMILES string of the molecule is C=CC(=O)OCCOC(=O)Oc1c(Cc2ccccc2)c(=O)n(-c2ccccc2)c(=O)n1Cc1ccccc1. The van der Waals surface area contributed by atoms with E-state index in [1.165, 1.54) is 4.57 Å². The molecular formula is C30H26N2O7. The summed E-state index contributed by atoms with van der Waals surface area (Å²) < 4.78 is 17.7. The van der Waals surface area contributed by atoms with Gasteiger partial charge in [-0.1, -0.05) is 85.4 Å². The van der Waals surface area contributed by atoms with Gasteiger partial charge in [0.15, 0.2) is 0 Å². The van der Waals surface area contributed by atoms with E-state index in [-0.39, 0.29) is 37.6 Å². The Balaban J connectivity index is 1.82. The molecule has 0 spiro atoms. The van der Waals surface area contributed by atoms with Crippen LogP contribution in [-0.4, -0.2) is 34.5 Å². The van der Waals surface area contributed by atoms with Gasteiger partial charge in [-0.15, -0.1) is 0 Å². The average Bonchev–Trinajstić information content (AvgIpc) is 2.97. The van der Waals surface area contributed by atoms with Crippen molar-refractivity contribution < 1.29 is 23.8 Å². The van der Waals surface area contributed by atoms with Crippen molar-refractivity contribution >= 4 is 12.1 Å². The largest absolute Gasteiger partial charge is 0.515 e. The van der Waals surface area contributed by atoms with Crippen LogP contribution in [0.2, 0.25) is 0 Å². The Hall–Kier alpha value is -5.18. The Labute approximate surface area is 224 Å². The maximum atomic E-state index is 13.8. The zero-order chi connectivity index (χ0) is 27.6. The number of hydrogen-bond acceptors (Lipinski definition) is 7. The number of aromatic nitrogens is 2. The lowest BCUT2D eigenvalue weighted by atomic mass is 10.1. The highest BCUT2D eigenvalue weighted by Crippen LogP contribution is 2.21. The van der Waals surface area contributed by atoms with Gasteiger partial charge in [-0.05, 0) is 23.3 Å². The lowest BCUT2D eigenvalue weighted by molar-refractivity contribution is -0.138. The van der Waals surface area contributed by atoms with E-state index < -0.39 is 23.4 Å². The molecule has 9 heteroatoms. The first-order valence-electron chi connectivity index (χ1n) is 12.1. The molecule has 0 fully saturated rings. The summed E-state index contributed by atoms with van der Waals surface area (Å²) in [5.74, 6) is -0.892. The highest BCUT2D eigenvalue weighted by molar-refractivity contribution is 5.81. The topological polar surface area (TPSA) is 106 Å². The number of carbonyl (C=O) groups is 2. The monoisotopic (exact) mass is 526 g/mol. The molecule has 3 aromatic carbocycles. The third kappa shape index (κ3) is 6.78. The number of ether oxygens (including phenoxy) is 3. The van der Waals surface area contributed by atoms with Crippen LogP contribution in [0.25, 0.3) is 5.69 Å². The molecule has 4 aromatic rings. The van der Waals surface area contributed by atoms with Crippen LogP contribution in [0.4, 0.5) is 4.79 Å². The third-order valence-electron chi connectivity index (χ3n) is 5.70. The third-order valence-corrected chi connectivity index (χ3v) is 5.70. The van der Waals surface area contributed by atoms with Crippen molar-refractivity contribution in [2.45, 2.75) is 13.0 Å². The van der Waals surface area contributed by atoms with Gasteiger partial charge in [0.1, 0.15) is 13.2 Å². The van der Waals surface area contributed by atoms with E-state index >= 15 is 0 Å². The normalized spacial score (nSPS) is 10.5. The maximum Gasteiger partial charge on any atom is 0.515 e. The Morgan fingerprint density at radius 1 is 0.769 bits per heavy atom. The van der Waals surface area contributed by atoms with E-state index in [0.717, 1.165) is 21.8 Å². The molecule has 39 heavy (non-hydrogen) atoms. The average molecular weight is 527 g/mol. The molecule has 0 aliphatic rings. The molecule has 1 heterocycles. The molecule has 1 aromatic heterocycles. The zero-order valence-electron chi connectivity index (χ0n) is 21.0. The molecule has 0 aliphatic carbocycles. The van der Waals surface area contributed by atoms with Gasteiger partial charge in [0.05, 0.1) is 17.8 Å². The van der Waals surface area contributed by atoms with Crippen LogP contribution in [0.3, 0.4) is 0 Å². The van der Waals surface area contributed by atoms with Crippen molar-refractivity contribution in [1.82, 2.24) is 9.13 Å². The number of esters is 1. The molecule has 0 saturated carbocycles. The fraction of sp³-hybridized carbons (Fsp3) is 0.133. The van der Waals surface area contributed by atoms with Crippen LogP contribution >= 0.6 is 0 Å². The van der Waals surface area contributed by atoms with Gasteiger partial charge in [0.2, 0.25) is 5.88 Å². The summed E-state index contributed by atoms with van der Waals surface area (Å²) in [7, 11) is 0. The number of benzene rings is 3. The zero-order valence-corrected chi connectivity index (χ0v) is 21.0. The first-order chi connectivity index (χ1) is 19.0. The second-order valence-electron chi connectivity index (χ2n) is 8.35. The molecule has 9 nitrogen and oxygen atoms in total. The van der Waals surface area contributed by atoms with Gasteiger partial charge in [-0.25, -0.2) is 19.0 Å². The van der Waals surface area contributed by atoms with Gasteiger partial charge in [-0.2, -0.15) is 0 Å². The minimum absolute atomic E-state index is 0.0220. The van der Waals surface area contributed by atoms with Gasteiger partial charge in [-0.3, -0.25) is 9.36 Å². The van der Waals surface area contributed by atoms with E-state index in [1.54, 1.807) is 30.3 Å². The lowest BCUT2D eigenvalue weighted by Crippen LogP contribution is -2.42. The Bertz CT molecular complexity index is 1480. The van der Waals surface area contributed by atoms with E-state index in [1.807, 2.05) is 60.7 Å². The number of carbonyl (C=O) groups excluding carboxylic acids is 2. The summed E-state index contributed by atoms with van der Waals surface area (Å²) in [6.45, 7) is 2.80. The molecule has 0 radical (unpaired) electrons. The maximum absolute atomic E-state index is 13.8. The van der Waals surface area contributed by atoms with Crippen molar-refractivity contribution in [1.29, 1.82) is 0 Å². The van der Waals surface area contributed by atoms with Gasteiger partial charge in [0.25, 0.3) is 5.56 Å². The molecule has 0 N–H and O–H groups in total. The van der Waals surface area contributed by atoms with Crippen LogP contribution in [0.15, 0.2) is 113 Å². The van der Waals surface area contributed by atoms with Gasteiger partial charge >= 0.3 is 17.8 Å². The summed E-state index contributed by atoms with van der Waals surface area (Å²) in [5, 5.41) is 0. The van der Waals surface area contributed by atoms with E-state index in [2.05, 4.69) is 6.58 Å². The number of rotatable bonds is 10. The van der Waals surface area contributed by atoms with E-state index in [0.29, 0.717) is 5.69 Å². The second-order valence-corrected chi connectivity index (χ2v) is 8.35. The number of nitrogens with zero attached hydrogens (tertiary/aromatic N) is 2. The Kier molecular flexibility index (Phi) is 8.87. The predicted molar refractivity (Wildman–Crippen MR) is 144 cm³/mol. The van der Waals surface area contributed by atoms with Crippen LogP contribution < -0.4 is 16.0 Å². The first kappa shape index (κ1) is 26.9. The predicted octanol–water partition coefficient (Wildman–Crippen LogP) is 3.88. The molecule has 0 saturated heterocycles. The van der Waals surface area contributed by atoms with E-state index in [9.17, 15) is 19.2 Å². The van der Waals surface area contributed by atoms with Crippen molar-refractivity contribution in [3.8, 4) is 11.6 Å². The molecule has 4 rings (SSSR count). The van der Waals surface area contributed by atoms with Gasteiger partial charge in [0, 0.05) is 12.5 Å². The van der Waals surface area contributed by atoms with Crippen LogP contribution in [-0.2, 0) is 27.2 Å². The smallest absolute Gasteiger partial charge is 0.459 e. The van der Waals surface area contributed by atoms with Gasteiger partial charge < -0.3 is 14.2 Å². The lowest BCUT2D eigenvalue weighted by Gasteiger charge is -2.19. The quantitative estimate of drug-likeness (QED) is 0.175. The second kappa shape index (κ2) is 12.9. The molecule has 0 bridgehead atoms. The highest BCUT2D eigenvalue weighted by Gasteiger charge is 2.24.